The van der Waals surface area contributed by atoms with E-state index < -0.39 is 23.4 Å². The molecule has 0 amide bonds. The molecule has 174 valence electrons. The van der Waals surface area contributed by atoms with Gasteiger partial charge in [-0.2, -0.15) is 5.10 Å². The quantitative estimate of drug-likeness (QED) is 0.528. The van der Waals surface area contributed by atoms with Gasteiger partial charge in [-0.1, -0.05) is 29.3 Å². The Morgan fingerprint density at radius 3 is 2.67 bits per heavy atom. The van der Waals surface area contributed by atoms with E-state index in [1.807, 2.05) is 0 Å². The molecule has 3 aromatic rings. The summed E-state index contributed by atoms with van der Waals surface area (Å²) in [7, 11) is 0. The average molecular weight is 498 g/mol. The van der Waals surface area contributed by atoms with Crippen LogP contribution in [0.5, 0.6) is 0 Å². The molecule has 1 N–H and O–H groups in total. The molecule has 3 heterocycles. The Morgan fingerprint density at radius 2 is 2.03 bits per heavy atom. The highest BCUT2D eigenvalue weighted by Crippen LogP contribution is 2.32. The van der Waals surface area contributed by atoms with Gasteiger partial charge in [-0.3, -0.25) is 9.48 Å². The van der Waals surface area contributed by atoms with Gasteiger partial charge >= 0.3 is 5.97 Å². The normalized spacial score (nSPS) is 13.4. The number of fused-ring (bicyclic) bond motifs is 1. The molecule has 0 spiro atoms. The van der Waals surface area contributed by atoms with Gasteiger partial charge in [0.15, 0.2) is 5.43 Å². The van der Waals surface area contributed by atoms with E-state index in [0.717, 1.165) is 0 Å². The topological polar surface area (TPSA) is 86.4 Å². The first kappa shape index (κ1) is 23.4. The van der Waals surface area contributed by atoms with Crippen molar-refractivity contribution < 1.29 is 23.4 Å². The van der Waals surface area contributed by atoms with Gasteiger partial charge in [0.25, 0.3) is 6.43 Å². The fourth-order valence-corrected chi connectivity index (χ4v) is 4.43. The van der Waals surface area contributed by atoms with Crippen LogP contribution < -0.4 is 5.43 Å². The van der Waals surface area contributed by atoms with Crippen molar-refractivity contribution in [1.82, 2.24) is 14.3 Å². The summed E-state index contributed by atoms with van der Waals surface area (Å²) in [5.74, 6) is -1.39. The van der Waals surface area contributed by atoms with Crippen molar-refractivity contribution in [2.75, 3.05) is 6.61 Å². The molecule has 33 heavy (non-hydrogen) atoms. The van der Waals surface area contributed by atoms with Crippen LogP contribution in [0, 0.1) is 0 Å². The molecule has 4 rings (SSSR count). The second-order valence-corrected chi connectivity index (χ2v) is 8.29. The third-order valence-electron chi connectivity index (χ3n) is 5.57. The van der Waals surface area contributed by atoms with Crippen LogP contribution in [0.1, 0.15) is 46.4 Å². The SMILES string of the molecule is CCn1c(Cn2nc(C(F)F)c3c2CCOC3)cc(=O)c(C(=O)O)c1-c1ccc(Cl)c(Cl)c1. The molecule has 0 saturated carbocycles. The van der Waals surface area contributed by atoms with E-state index in [1.54, 1.807) is 17.6 Å². The molecule has 0 unspecified atom stereocenters. The minimum absolute atomic E-state index is 0.00630. The second-order valence-electron chi connectivity index (χ2n) is 7.47. The highest BCUT2D eigenvalue weighted by atomic mass is 35.5. The van der Waals surface area contributed by atoms with Crippen LogP contribution >= 0.6 is 23.2 Å². The van der Waals surface area contributed by atoms with Gasteiger partial charge in [0, 0.05) is 41.5 Å². The van der Waals surface area contributed by atoms with Crippen molar-refractivity contribution in [2.45, 2.75) is 39.5 Å². The Kier molecular flexibility index (Phi) is 6.56. The van der Waals surface area contributed by atoms with Crippen LogP contribution in [0.2, 0.25) is 10.0 Å². The highest BCUT2D eigenvalue weighted by molar-refractivity contribution is 6.42. The number of aromatic carboxylic acids is 1. The molecule has 0 fully saturated rings. The first-order valence-corrected chi connectivity index (χ1v) is 10.9. The van der Waals surface area contributed by atoms with Crippen molar-refractivity contribution in [3.8, 4) is 11.3 Å². The van der Waals surface area contributed by atoms with E-state index in [2.05, 4.69) is 5.10 Å². The minimum atomic E-state index is -2.77. The Labute approximate surface area is 197 Å². The molecule has 1 aromatic carbocycles. The van der Waals surface area contributed by atoms with Crippen molar-refractivity contribution in [1.29, 1.82) is 0 Å². The standard InChI is InChI=1S/C22H19Cl2F2N3O4/c1-2-28-12(9-29-16-5-6-33-10-13(16)19(27-29)21(25)26)8-17(30)18(22(31)32)20(28)11-3-4-14(23)15(24)7-11/h3-4,7-8,21H,2,5-6,9-10H2,1H3,(H,31,32). The number of ether oxygens (including phenoxy) is 1. The molecule has 7 nitrogen and oxygen atoms in total. The first-order valence-electron chi connectivity index (χ1n) is 10.1. The number of benzene rings is 1. The third-order valence-corrected chi connectivity index (χ3v) is 6.31. The lowest BCUT2D eigenvalue weighted by Crippen LogP contribution is -2.25. The number of alkyl halides is 2. The summed E-state index contributed by atoms with van der Waals surface area (Å²) in [6, 6.07) is 5.79. The molecule has 0 aliphatic carbocycles. The zero-order valence-electron chi connectivity index (χ0n) is 17.4. The van der Waals surface area contributed by atoms with E-state index >= 15 is 0 Å². The molecule has 2 aromatic heterocycles. The summed E-state index contributed by atoms with van der Waals surface area (Å²) >= 11 is 12.2. The molecule has 1 aliphatic rings. The summed E-state index contributed by atoms with van der Waals surface area (Å²) in [5, 5.41) is 14.3. The maximum Gasteiger partial charge on any atom is 0.341 e. The van der Waals surface area contributed by atoms with Gasteiger partial charge in [-0.15, -0.1) is 0 Å². The Bertz CT molecular complexity index is 1300. The molecular weight excluding hydrogens is 479 g/mol. The predicted molar refractivity (Wildman–Crippen MR) is 118 cm³/mol. The number of carbonyl (C=O) groups is 1. The molecule has 11 heteroatoms. The molecule has 0 bridgehead atoms. The van der Waals surface area contributed by atoms with E-state index in [1.165, 1.54) is 22.9 Å². The van der Waals surface area contributed by atoms with Gasteiger partial charge in [-0.05, 0) is 19.1 Å². The van der Waals surface area contributed by atoms with Crippen molar-refractivity contribution in [2.24, 2.45) is 0 Å². The number of hydrogen-bond acceptors (Lipinski definition) is 4. The maximum absolute atomic E-state index is 13.5. The van der Waals surface area contributed by atoms with E-state index in [9.17, 15) is 23.5 Å². The van der Waals surface area contributed by atoms with E-state index in [-0.39, 0.29) is 34.6 Å². The lowest BCUT2D eigenvalue weighted by atomic mass is 10.0. The summed E-state index contributed by atoms with van der Waals surface area (Å²) < 4.78 is 35.5. The van der Waals surface area contributed by atoms with Gasteiger partial charge < -0.3 is 14.4 Å². The van der Waals surface area contributed by atoms with Crippen LogP contribution in [0.3, 0.4) is 0 Å². The number of halogens is 4. The summed E-state index contributed by atoms with van der Waals surface area (Å²) in [6.07, 6.45) is -2.37. The van der Waals surface area contributed by atoms with Crippen LogP contribution in [0.4, 0.5) is 8.78 Å². The van der Waals surface area contributed by atoms with Crippen LogP contribution in [0.15, 0.2) is 29.1 Å². The number of aromatic nitrogens is 3. The lowest BCUT2D eigenvalue weighted by Gasteiger charge is -2.21. The fourth-order valence-electron chi connectivity index (χ4n) is 4.13. The molecule has 1 aliphatic heterocycles. The maximum atomic E-state index is 13.5. The Morgan fingerprint density at radius 1 is 1.27 bits per heavy atom. The zero-order valence-corrected chi connectivity index (χ0v) is 19.0. The van der Waals surface area contributed by atoms with Crippen LogP contribution in [-0.4, -0.2) is 32.0 Å². The largest absolute Gasteiger partial charge is 0.477 e. The summed E-state index contributed by atoms with van der Waals surface area (Å²) in [6.45, 7) is 2.51. The smallest absolute Gasteiger partial charge is 0.341 e. The van der Waals surface area contributed by atoms with Crippen LogP contribution in [0.25, 0.3) is 11.3 Å². The number of nitrogens with zero attached hydrogens (tertiary/aromatic N) is 3. The molecule has 0 radical (unpaired) electrons. The number of rotatable bonds is 6. The molecular formula is C22H19Cl2F2N3O4. The Hall–Kier alpha value is -2.75. The molecule has 0 saturated heterocycles. The van der Waals surface area contributed by atoms with E-state index in [0.29, 0.717) is 42.1 Å². The zero-order chi connectivity index (χ0) is 23.9. The lowest BCUT2D eigenvalue weighted by molar-refractivity contribution is 0.0695. The first-order chi connectivity index (χ1) is 15.7. The van der Waals surface area contributed by atoms with E-state index in [4.69, 9.17) is 27.9 Å². The number of hydrogen-bond donors (Lipinski definition) is 1. The number of pyridine rings is 1. The van der Waals surface area contributed by atoms with Crippen molar-refractivity contribution in [3.63, 3.8) is 0 Å². The third kappa shape index (κ3) is 4.28. The Balaban J connectivity index is 1.92. The van der Waals surface area contributed by atoms with Gasteiger partial charge in [-0.25, -0.2) is 13.6 Å². The average Bonchev–Trinajstić information content (AvgIpc) is 3.14. The van der Waals surface area contributed by atoms with Gasteiger partial charge in [0.05, 0.1) is 35.5 Å². The fraction of sp³-hybridized carbons (Fsp3) is 0.318. The van der Waals surface area contributed by atoms with Crippen molar-refractivity contribution >= 4 is 29.2 Å². The number of carboxylic acid groups (broad SMARTS) is 1. The molecule has 0 atom stereocenters. The monoisotopic (exact) mass is 497 g/mol. The van der Waals surface area contributed by atoms with Gasteiger partial charge in [0.2, 0.25) is 0 Å². The van der Waals surface area contributed by atoms with Gasteiger partial charge in [0.1, 0.15) is 11.3 Å². The minimum Gasteiger partial charge on any atom is -0.477 e. The predicted octanol–water partition coefficient (Wildman–Crippen LogP) is 4.80. The highest BCUT2D eigenvalue weighted by Gasteiger charge is 2.28. The number of carboxylic acids is 1. The van der Waals surface area contributed by atoms with Crippen molar-refractivity contribution in [3.05, 3.63) is 72.7 Å². The summed E-state index contributed by atoms with van der Waals surface area (Å²) in [4.78, 5) is 24.9. The van der Waals surface area contributed by atoms with Crippen LogP contribution in [-0.2, 0) is 30.9 Å². The summed E-state index contributed by atoms with van der Waals surface area (Å²) in [5.41, 5.74) is 0.479. The second kappa shape index (κ2) is 9.24.